The number of carboxylic acids is 1. The van der Waals surface area contributed by atoms with Gasteiger partial charge in [0, 0.05) is 24.3 Å². The average molecular weight is 370 g/mol. The van der Waals surface area contributed by atoms with Gasteiger partial charge in [0.2, 0.25) is 0 Å². The van der Waals surface area contributed by atoms with Crippen molar-refractivity contribution in [1.82, 2.24) is 24.9 Å². The molecule has 8 nitrogen and oxygen atoms in total. The molecule has 144 valence electrons. The zero-order chi connectivity index (χ0) is 19.0. The van der Waals surface area contributed by atoms with Gasteiger partial charge in [-0.05, 0) is 63.6 Å². The molecule has 8 heteroatoms. The van der Waals surface area contributed by atoms with Crippen LogP contribution >= 0.6 is 0 Å². The van der Waals surface area contributed by atoms with E-state index in [4.69, 9.17) is 5.11 Å². The van der Waals surface area contributed by atoms with Gasteiger partial charge in [-0.25, -0.2) is 4.68 Å². The van der Waals surface area contributed by atoms with E-state index in [1.807, 2.05) is 32.0 Å². The molecule has 0 spiro atoms. The summed E-state index contributed by atoms with van der Waals surface area (Å²) in [4.78, 5) is 13.3. The second-order valence-electron chi connectivity index (χ2n) is 7.85. The summed E-state index contributed by atoms with van der Waals surface area (Å²) in [5, 5.41) is 25.5. The third-order valence-corrected chi connectivity index (χ3v) is 5.39. The van der Waals surface area contributed by atoms with Crippen LogP contribution in [0.2, 0.25) is 0 Å². The van der Waals surface area contributed by atoms with Crippen molar-refractivity contribution in [1.29, 1.82) is 0 Å². The van der Waals surface area contributed by atoms with Crippen LogP contribution < -0.4 is 5.32 Å². The van der Waals surface area contributed by atoms with Crippen molar-refractivity contribution < 1.29 is 9.90 Å². The Morgan fingerprint density at radius 1 is 1.30 bits per heavy atom. The van der Waals surface area contributed by atoms with Crippen LogP contribution in [0.15, 0.2) is 18.2 Å². The van der Waals surface area contributed by atoms with Gasteiger partial charge in [-0.2, -0.15) is 5.10 Å². The van der Waals surface area contributed by atoms with Crippen LogP contribution in [0.3, 0.4) is 0 Å². The Morgan fingerprint density at radius 2 is 2.07 bits per heavy atom. The van der Waals surface area contributed by atoms with Gasteiger partial charge in [0.1, 0.15) is 5.82 Å². The fourth-order valence-corrected chi connectivity index (χ4v) is 3.74. The molecule has 2 N–H and O–H groups in total. The van der Waals surface area contributed by atoms with Crippen LogP contribution in [0, 0.1) is 19.8 Å². The highest BCUT2D eigenvalue weighted by atomic mass is 16.4. The number of rotatable bonds is 8. The molecule has 2 heterocycles. The first-order valence-electron chi connectivity index (χ1n) is 9.57. The average Bonchev–Trinajstić information content (AvgIpc) is 3.33. The van der Waals surface area contributed by atoms with Crippen LogP contribution in [0.4, 0.5) is 5.82 Å². The number of nitrogens with one attached hydrogen (secondary N) is 1. The Balaban J connectivity index is 1.31. The summed E-state index contributed by atoms with van der Waals surface area (Å²) >= 11 is 0. The lowest BCUT2D eigenvalue weighted by atomic mass is 9.85. The molecule has 27 heavy (non-hydrogen) atoms. The SMILES string of the molecule is Cc1cc(C)n(-c2ccc(NC3CC(N(CC(=O)O)CC4CC4)C3)nn2)n1. The van der Waals surface area contributed by atoms with Crippen molar-refractivity contribution in [3.63, 3.8) is 0 Å². The molecule has 0 aromatic carbocycles. The molecule has 2 fully saturated rings. The molecule has 0 amide bonds. The maximum absolute atomic E-state index is 11.1. The van der Waals surface area contributed by atoms with Gasteiger partial charge in [0.15, 0.2) is 5.82 Å². The standard InChI is InChI=1S/C19H26N6O2/c1-12-7-13(2)25(23-12)18-6-5-17(21-22-18)20-15-8-16(9-15)24(11-19(26)27)10-14-3-4-14/h5-7,14-16H,3-4,8-11H2,1-2H3,(H,20,21)(H,26,27). The first kappa shape index (κ1) is 17.9. The Labute approximate surface area is 158 Å². The van der Waals surface area contributed by atoms with E-state index in [-0.39, 0.29) is 6.54 Å². The molecule has 2 saturated carbocycles. The van der Waals surface area contributed by atoms with Crippen molar-refractivity contribution in [3.05, 3.63) is 29.6 Å². The maximum Gasteiger partial charge on any atom is 0.317 e. The van der Waals surface area contributed by atoms with Crippen molar-refractivity contribution in [2.24, 2.45) is 5.92 Å². The first-order chi connectivity index (χ1) is 13.0. The van der Waals surface area contributed by atoms with E-state index in [1.54, 1.807) is 4.68 Å². The molecule has 2 aromatic heterocycles. The Kier molecular flexibility index (Phi) is 4.82. The van der Waals surface area contributed by atoms with Crippen LogP contribution in [0.25, 0.3) is 5.82 Å². The number of anilines is 1. The van der Waals surface area contributed by atoms with E-state index in [1.165, 1.54) is 12.8 Å². The molecule has 2 aliphatic carbocycles. The Bertz CT molecular complexity index is 808. The minimum absolute atomic E-state index is 0.144. The van der Waals surface area contributed by atoms with Gasteiger partial charge in [-0.15, -0.1) is 10.2 Å². The Hall–Kier alpha value is -2.48. The third kappa shape index (κ3) is 4.27. The quantitative estimate of drug-likeness (QED) is 0.734. The van der Waals surface area contributed by atoms with E-state index < -0.39 is 5.97 Å². The predicted molar refractivity (Wildman–Crippen MR) is 101 cm³/mol. The van der Waals surface area contributed by atoms with Gasteiger partial charge in [0.25, 0.3) is 0 Å². The number of aliphatic carboxylic acids is 1. The zero-order valence-corrected chi connectivity index (χ0v) is 15.8. The highest BCUT2D eigenvalue weighted by molar-refractivity contribution is 5.69. The molecule has 2 aliphatic rings. The highest BCUT2D eigenvalue weighted by Crippen LogP contribution is 2.34. The summed E-state index contributed by atoms with van der Waals surface area (Å²) in [6.45, 7) is 5.01. The zero-order valence-electron chi connectivity index (χ0n) is 15.8. The smallest absolute Gasteiger partial charge is 0.317 e. The first-order valence-corrected chi connectivity index (χ1v) is 9.57. The molecule has 0 unspecified atom stereocenters. The summed E-state index contributed by atoms with van der Waals surface area (Å²) < 4.78 is 1.78. The topological polar surface area (TPSA) is 96.2 Å². The number of aromatic nitrogens is 4. The molecule has 0 aliphatic heterocycles. The summed E-state index contributed by atoms with van der Waals surface area (Å²) in [5.41, 5.74) is 1.98. The van der Waals surface area contributed by atoms with E-state index in [2.05, 4.69) is 25.5 Å². The van der Waals surface area contributed by atoms with Crippen LogP contribution in [0.5, 0.6) is 0 Å². The molecular weight excluding hydrogens is 344 g/mol. The lowest BCUT2D eigenvalue weighted by Crippen LogP contribution is -2.52. The molecule has 0 atom stereocenters. The predicted octanol–water partition coefficient (Wildman–Crippen LogP) is 2.02. The number of hydrogen-bond donors (Lipinski definition) is 2. The van der Waals surface area contributed by atoms with Gasteiger partial charge in [0.05, 0.1) is 12.2 Å². The molecule has 0 bridgehead atoms. The second kappa shape index (κ2) is 7.26. The summed E-state index contributed by atoms with van der Waals surface area (Å²) in [5.74, 6) is 1.41. The number of carboxylic acid groups (broad SMARTS) is 1. The van der Waals surface area contributed by atoms with Crippen molar-refractivity contribution in [2.75, 3.05) is 18.4 Å². The lowest BCUT2D eigenvalue weighted by molar-refractivity contribution is -0.139. The minimum Gasteiger partial charge on any atom is -0.480 e. The lowest BCUT2D eigenvalue weighted by Gasteiger charge is -2.42. The van der Waals surface area contributed by atoms with Gasteiger partial charge in [-0.3, -0.25) is 9.69 Å². The normalized spacial score (nSPS) is 21.9. The van der Waals surface area contributed by atoms with Crippen molar-refractivity contribution >= 4 is 11.8 Å². The van der Waals surface area contributed by atoms with Crippen molar-refractivity contribution in [3.8, 4) is 5.82 Å². The molecule has 4 rings (SSSR count). The molecule has 0 saturated heterocycles. The number of nitrogens with zero attached hydrogens (tertiary/aromatic N) is 5. The fraction of sp³-hybridized carbons (Fsp3) is 0.579. The summed E-state index contributed by atoms with van der Waals surface area (Å²) in [6.07, 6.45) is 4.37. The fourth-order valence-electron chi connectivity index (χ4n) is 3.74. The minimum atomic E-state index is -0.738. The number of carbonyl (C=O) groups is 1. The van der Waals surface area contributed by atoms with E-state index in [0.29, 0.717) is 23.8 Å². The van der Waals surface area contributed by atoms with Gasteiger partial charge in [-0.1, -0.05) is 0 Å². The van der Waals surface area contributed by atoms with Gasteiger partial charge < -0.3 is 10.4 Å². The van der Waals surface area contributed by atoms with Crippen LogP contribution in [0.1, 0.15) is 37.1 Å². The second-order valence-corrected chi connectivity index (χ2v) is 7.85. The summed E-state index contributed by atoms with van der Waals surface area (Å²) in [7, 11) is 0. The van der Waals surface area contributed by atoms with E-state index in [0.717, 1.165) is 36.6 Å². The van der Waals surface area contributed by atoms with Crippen LogP contribution in [-0.4, -0.2) is 61.1 Å². The van der Waals surface area contributed by atoms with Crippen molar-refractivity contribution in [2.45, 2.75) is 51.6 Å². The van der Waals surface area contributed by atoms with E-state index >= 15 is 0 Å². The summed E-state index contributed by atoms with van der Waals surface area (Å²) in [6, 6.07) is 6.51. The molecular formula is C19H26N6O2. The maximum atomic E-state index is 11.1. The molecule has 2 aromatic rings. The largest absolute Gasteiger partial charge is 0.480 e. The number of aryl methyl sites for hydroxylation is 2. The highest BCUT2D eigenvalue weighted by Gasteiger charge is 2.37. The number of hydrogen-bond acceptors (Lipinski definition) is 6. The monoisotopic (exact) mass is 370 g/mol. The van der Waals surface area contributed by atoms with Crippen LogP contribution in [-0.2, 0) is 4.79 Å². The van der Waals surface area contributed by atoms with Gasteiger partial charge >= 0.3 is 5.97 Å². The molecule has 0 radical (unpaired) electrons. The third-order valence-electron chi connectivity index (χ3n) is 5.39. The Morgan fingerprint density at radius 3 is 2.63 bits per heavy atom. The van der Waals surface area contributed by atoms with E-state index in [9.17, 15) is 4.79 Å².